The van der Waals surface area contributed by atoms with Gasteiger partial charge in [0.1, 0.15) is 11.8 Å². The number of carbonyl (C=O) groups excluding carboxylic acids is 1. The van der Waals surface area contributed by atoms with Crippen LogP contribution in [-0.2, 0) is 14.8 Å². The number of anilines is 1. The number of nitrogens with zero attached hydrogens (tertiary/aromatic N) is 1. The fraction of sp³-hybridized carbons (Fsp3) is 0.235. The van der Waals surface area contributed by atoms with Gasteiger partial charge < -0.3 is 10.4 Å². The van der Waals surface area contributed by atoms with Gasteiger partial charge in [0.05, 0.1) is 10.6 Å². The van der Waals surface area contributed by atoms with Crippen molar-refractivity contribution < 1.29 is 18.3 Å². The molecule has 0 spiro atoms. The molecule has 2 N–H and O–H groups in total. The predicted molar refractivity (Wildman–Crippen MR) is 100 cm³/mol. The lowest BCUT2D eigenvalue weighted by Gasteiger charge is -2.23. The van der Waals surface area contributed by atoms with Crippen LogP contribution in [0.2, 0.25) is 10.0 Å². The highest BCUT2D eigenvalue weighted by atomic mass is 35.5. The van der Waals surface area contributed by atoms with Crippen molar-refractivity contribution in [2.45, 2.75) is 23.8 Å². The number of hydrogen-bond acceptors (Lipinski definition) is 4. The SMILES string of the molecule is O=C(Nc1cc(Cl)ccc1O)[C@H]1CCCN1S(=O)(=O)c1ccc(Cl)cc1. The minimum absolute atomic E-state index is 0.0761. The second kappa shape index (κ2) is 7.44. The Hall–Kier alpha value is -1.80. The van der Waals surface area contributed by atoms with Crippen LogP contribution < -0.4 is 5.32 Å². The smallest absolute Gasteiger partial charge is 0.243 e. The van der Waals surface area contributed by atoms with E-state index in [1.807, 2.05) is 0 Å². The molecule has 2 aromatic carbocycles. The molecule has 26 heavy (non-hydrogen) atoms. The van der Waals surface area contributed by atoms with Crippen molar-refractivity contribution in [3.05, 3.63) is 52.5 Å². The van der Waals surface area contributed by atoms with Crippen molar-refractivity contribution in [1.29, 1.82) is 0 Å². The molecule has 0 unspecified atom stereocenters. The summed E-state index contributed by atoms with van der Waals surface area (Å²) in [4.78, 5) is 12.7. The van der Waals surface area contributed by atoms with E-state index in [2.05, 4.69) is 5.32 Å². The third kappa shape index (κ3) is 3.81. The van der Waals surface area contributed by atoms with E-state index < -0.39 is 22.0 Å². The first kappa shape index (κ1) is 19.0. The van der Waals surface area contributed by atoms with E-state index in [1.165, 1.54) is 46.8 Å². The van der Waals surface area contributed by atoms with E-state index in [-0.39, 0.29) is 22.9 Å². The Kier molecular flexibility index (Phi) is 5.43. The van der Waals surface area contributed by atoms with E-state index in [0.29, 0.717) is 22.9 Å². The second-order valence-electron chi connectivity index (χ2n) is 5.88. The van der Waals surface area contributed by atoms with Crippen molar-refractivity contribution in [2.24, 2.45) is 0 Å². The second-order valence-corrected chi connectivity index (χ2v) is 8.64. The molecule has 1 saturated heterocycles. The van der Waals surface area contributed by atoms with E-state index in [4.69, 9.17) is 23.2 Å². The highest BCUT2D eigenvalue weighted by Gasteiger charge is 2.39. The van der Waals surface area contributed by atoms with Gasteiger partial charge >= 0.3 is 0 Å². The number of sulfonamides is 1. The largest absolute Gasteiger partial charge is 0.506 e. The standard InChI is InChI=1S/C17H16Cl2N2O4S/c18-11-3-6-13(7-4-11)26(24,25)21-9-1-2-15(21)17(23)20-14-10-12(19)5-8-16(14)22/h3-8,10,15,22H,1-2,9H2,(H,20,23)/t15-/m1/s1. The maximum absolute atomic E-state index is 12.9. The van der Waals surface area contributed by atoms with Gasteiger partial charge in [-0.15, -0.1) is 0 Å². The molecule has 1 amide bonds. The minimum Gasteiger partial charge on any atom is -0.506 e. The number of hydrogen-bond donors (Lipinski definition) is 2. The average Bonchev–Trinajstić information content (AvgIpc) is 3.09. The molecule has 1 heterocycles. The normalized spacial score (nSPS) is 18.0. The van der Waals surface area contributed by atoms with Gasteiger partial charge in [-0.2, -0.15) is 4.31 Å². The quantitative estimate of drug-likeness (QED) is 0.749. The summed E-state index contributed by atoms with van der Waals surface area (Å²) in [5.41, 5.74) is 0.137. The van der Waals surface area contributed by atoms with Crippen molar-refractivity contribution >= 4 is 44.8 Å². The molecule has 2 aromatic rings. The summed E-state index contributed by atoms with van der Waals surface area (Å²) in [6, 6.07) is 9.18. The molecular weight excluding hydrogens is 399 g/mol. The number of carbonyl (C=O) groups is 1. The third-order valence-corrected chi connectivity index (χ3v) is 6.55. The Balaban J connectivity index is 1.84. The Morgan fingerprint density at radius 1 is 1.12 bits per heavy atom. The summed E-state index contributed by atoms with van der Waals surface area (Å²) in [5, 5.41) is 13.2. The molecule has 0 radical (unpaired) electrons. The molecule has 0 saturated carbocycles. The van der Waals surface area contributed by atoms with Crippen molar-refractivity contribution in [1.82, 2.24) is 4.31 Å². The summed E-state index contributed by atoms with van der Waals surface area (Å²) < 4.78 is 26.9. The van der Waals surface area contributed by atoms with Gasteiger partial charge in [-0.25, -0.2) is 8.42 Å². The lowest BCUT2D eigenvalue weighted by molar-refractivity contribution is -0.119. The molecule has 1 fully saturated rings. The van der Waals surface area contributed by atoms with Crippen molar-refractivity contribution in [3.63, 3.8) is 0 Å². The number of nitrogens with one attached hydrogen (secondary N) is 1. The van der Waals surface area contributed by atoms with Crippen LogP contribution in [0.3, 0.4) is 0 Å². The van der Waals surface area contributed by atoms with Crippen LogP contribution in [0.25, 0.3) is 0 Å². The average molecular weight is 415 g/mol. The molecule has 0 bridgehead atoms. The molecule has 1 aliphatic heterocycles. The lowest BCUT2D eigenvalue weighted by atomic mass is 10.2. The first-order valence-electron chi connectivity index (χ1n) is 7.86. The van der Waals surface area contributed by atoms with Gasteiger partial charge in [0.2, 0.25) is 15.9 Å². The first-order chi connectivity index (χ1) is 12.3. The number of amides is 1. The van der Waals surface area contributed by atoms with Crippen LogP contribution in [0.1, 0.15) is 12.8 Å². The number of benzene rings is 2. The Morgan fingerprint density at radius 2 is 1.77 bits per heavy atom. The highest BCUT2D eigenvalue weighted by molar-refractivity contribution is 7.89. The highest BCUT2D eigenvalue weighted by Crippen LogP contribution is 2.30. The zero-order chi connectivity index (χ0) is 18.9. The number of halogens is 2. The fourth-order valence-corrected chi connectivity index (χ4v) is 4.81. The van der Waals surface area contributed by atoms with Crippen LogP contribution >= 0.6 is 23.2 Å². The Morgan fingerprint density at radius 3 is 2.46 bits per heavy atom. The third-order valence-electron chi connectivity index (χ3n) is 4.14. The molecule has 0 aliphatic carbocycles. The molecule has 138 valence electrons. The van der Waals surface area contributed by atoms with Gasteiger partial charge in [0.15, 0.2) is 0 Å². The van der Waals surface area contributed by atoms with Crippen LogP contribution in [0.5, 0.6) is 5.75 Å². The lowest BCUT2D eigenvalue weighted by Crippen LogP contribution is -2.43. The van der Waals surface area contributed by atoms with Gasteiger partial charge in [0.25, 0.3) is 0 Å². The Bertz CT molecular complexity index is 932. The van der Waals surface area contributed by atoms with Crippen LogP contribution in [0.4, 0.5) is 5.69 Å². The molecule has 1 atom stereocenters. The van der Waals surface area contributed by atoms with Crippen molar-refractivity contribution in [3.8, 4) is 5.75 Å². The van der Waals surface area contributed by atoms with E-state index in [0.717, 1.165) is 0 Å². The van der Waals surface area contributed by atoms with Gasteiger partial charge in [0, 0.05) is 16.6 Å². The summed E-state index contributed by atoms with van der Waals surface area (Å²) >= 11 is 11.7. The molecule has 0 aromatic heterocycles. The van der Waals surface area contributed by atoms with E-state index >= 15 is 0 Å². The van der Waals surface area contributed by atoms with E-state index in [1.54, 1.807) is 0 Å². The molecular formula is C17H16Cl2N2O4S. The number of aromatic hydroxyl groups is 1. The fourth-order valence-electron chi connectivity index (χ4n) is 2.86. The summed E-state index contributed by atoms with van der Waals surface area (Å²) in [7, 11) is -3.83. The zero-order valence-corrected chi connectivity index (χ0v) is 15.9. The maximum Gasteiger partial charge on any atom is 0.243 e. The van der Waals surface area contributed by atoms with Crippen LogP contribution in [0.15, 0.2) is 47.4 Å². The maximum atomic E-state index is 12.9. The van der Waals surface area contributed by atoms with Gasteiger partial charge in [-0.3, -0.25) is 4.79 Å². The summed E-state index contributed by atoms with van der Waals surface area (Å²) in [6.07, 6.45) is 0.951. The van der Waals surface area contributed by atoms with Crippen molar-refractivity contribution in [2.75, 3.05) is 11.9 Å². The molecule has 1 aliphatic rings. The first-order valence-corrected chi connectivity index (χ1v) is 10.1. The number of phenolic OH excluding ortho intramolecular Hbond substituents is 1. The topological polar surface area (TPSA) is 86.7 Å². The number of phenols is 1. The molecule has 9 heteroatoms. The summed E-state index contributed by atoms with van der Waals surface area (Å²) in [5.74, 6) is -0.662. The zero-order valence-electron chi connectivity index (χ0n) is 13.5. The molecule has 6 nitrogen and oxygen atoms in total. The number of rotatable bonds is 4. The molecule has 3 rings (SSSR count). The van der Waals surface area contributed by atoms with E-state index in [9.17, 15) is 18.3 Å². The van der Waals surface area contributed by atoms with Crippen LogP contribution in [0, 0.1) is 0 Å². The monoisotopic (exact) mass is 414 g/mol. The van der Waals surface area contributed by atoms with Gasteiger partial charge in [-0.05, 0) is 55.3 Å². The minimum atomic E-state index is -3.83. The Labute approximate surface area is 161 Å². The predicted octanol–water partition coefficient (Wildman–Crippen LogP) is 3.49. The van der Waals surface area contributed by atoms with Gasteiger partial charge in [-0.1, -0.05) is 23.2 Å². The summed E-state index contributed by atoms with van der Waals surface area (Å²) in [6.45, 7) is 0.241. The van der Waals surface area contributed by atoms with Crippen LogP contribution in [-0.4, -0.2) is 36.3 Å².